The van der Waals surface area contributed by atoms with Crippen LogP contribution in [0, 0.1) is 5.82 Å². The quantitative estimate of drug-likeness (QED) is 0.634. The first-order chi connectivity index (χ1) is 9.17. The van der Waals surface area contributed by atoms with Gasteiger partial charge in [0.05, 0.1) is 9.70 Å². The summed E-state index contributed by atoms with van der Waals surface area (Å²) in [5, 5.41) is 9.04. The van der Waals surface area contributed by atoms with E-state index in [2.05, 4.69) is 26.1 Å². The average Bonchev–Trinajstić information content (AvgIpc) is 3.03. The molecule has 2 heterocycles. The number of halogens is 2. The van der Waals surface area contributed by atoms with Crippen molar-refractivity contribution in [2.45, 2.75) is 18.2 Å². The molecule has 3 aromatic rings. The molecular formula is C13H10BrFN2OS. The number of thiophene rings is 1. The van der Waals surface area contributed by atoms with E-state index in [1.807, 2.05) is 13.0 Å². The Labute approximate surface area is 121 Å². The molecule has 0 spiro atoms. The first kappa shape index (κ1) is 12.7. The third-order valence-electron chi connectivity index (χ3n) is 2.76. The van der Waals surface area contributed by atoms with E-state index < -0.39 is 0 Å². The molecule has 0 bridgehead atoms. The molecule has 2 aromatic heterocycles. The Morgan fingerprint density at radius 2 is 2.21 bits per heavy atom. The predicted octanol–water partition coefficient (Wildman–Crippen LogP) is 4.94. The summed E-state index contributed by atoms with van der Waals surface area (Å²) in [5.74, 6) is 0.814. The number of hydrogen-bond acceptors (Lipinski definition) is 4. The smallest absolute Gasteiger partial charge is 0.257 e. The lowest BCUT2D eigenvalue weighted by atomic mass is 10.2. The van der Waals surface area contributed by atoms with E-state index in [9.17, 15) is 4.39 Å². The van der Waals surface area contributed by atoms with Gasteiger partial charge in [0.15, 0.2) is 0 Å². The topological polar surface area (TPSA) is 38.9 Å². The lowest BCUT2D eigenvalue weighted by Crippen LogP contribution is -1.86. The maximum absolute atomic E-state index is 13.2. The number of hydrogen-bond donors (Lipinski definition) is 0. The number of fused-ring (bicyclic) bond motifs is 1. The van der Waals surface area contributed by atoms with Gasteiger partial charge in [-0.1, -0.05) is 28.9 Å². The first-order valence-electron chi connectivity index (χ1n) is 5.84. The summed E-state index contributed by atoms with van der Waals surface area (Å²) < 4.78 is 19.7. The van der Waals surface area contributed by atoms with E-state index in [0.717, 1.165) is 21.4 Å². The van der Waals surface area contributed by atoms with Crippen molar-refractivity contribution in [3.8, 4) is 10.8 Å². The summed E-state index contributed by atoms with van der Waals surface area (Å²) in [5.41, 5.74) is 0. The zero-order valence-electron chi connectivity index (χ0n) is 10.1. The maximum atomic E-state index is 13.2. The van der Waals surface area contributed by atoms with Crippen LogP contribution in [0.15, 0.2) is 28.7 Å². The molecular weight excluding hydrogens is 331 g/mol. The van der Waals surface area contributed by atoms with Gasteiger partial charge in [-0.05, 0) is 30.0 Å². The minimum Gasteiger partial charge on any atom is -0.419 e. The Morgan fingerprint density at radius 1 is 1.37 bits per heavy atom. The van der Waals surface area contributed by atoms with Gasteiger partial charge in [-0.3, -0.25) is 0 Å². The van der Waals surface area contributed by atoms with Crippen molar-refractivity contribution in [3.63, 3.8) is 0 Å². The van der Waals surface area contributed by atoms with Crippen LogP contribution in [0.4, 0.5) is 4.39 Å². The van der Waals surface area contributed by atoms with Gasteiger partial charge in [0.2, 0.25) is 5.89 Å². The second-order valence-corrected chi connectivity index (χ2v) is 6.30. The van der Waals surface area contributed by atoms with Gasteiger partial charge in [0.1, 0.15) is 5.82 Å². The van der Waals surface area contributed by atoms with E-state index >= 15 is 0 Å². The molecule has 6 heteroatoms. The number of rotatable bonds is 3. The molecule has 19 heavy (non-hydrogen) atoms. The molecule has 1 aromatic carbocycles. The summed E-state index contributed by atoms with van der Waals surface area (Å²) >= 11 is 4.92. The number of benzene rings is 1. The molecule has 1 unspecified atom stereocenters. The van der Waals surface area contributed by atoms with Crippen molar-refractivity contribution in [1.29, 1.82) is 0 Å². The second kappa shape index (κ2) is 5.02. The molecule has 1 atom stereocenters. The van der Waals surface area contributed by atoms with E-state index in [0.29, 0.717) is 11.8 Å². The van der Waals surface area contributed by atoms with Gasteiger partial charge in [0, 0.05) is 4.70 Å². The van der Waals surface area contributed by atoms with Crippen LogP contribution in [-0.2, 0) is 0 Å². The van der Waals surface area contributed by atoms with Gasteiger partial charge >= 0.3 is 0 Å². The van der Waals surface area contributed by atoms with Crippen LogP contribution in [0.5, 0.6) is 0 Å². The van der Waals surface area contributed by atoms with E-state index in [1.54, 1.807) is 6.07 Å². The van der Waals surface area contributed by atoms with Gasteiger partial charge in [0.25, 0.3) is 5.89 Å². The largest absolute Gasteiger partial charge is 0.419 e. The Bertz CT molecular complexity index is 724. The second-order valence-electron chi connectivity index (χ2n) is 4.11. The predicted molar refractivity (Wildman–Crippen MR) is 77.0 cm³/mol. The minimum atomic E-state index is -0.237. The highest BCUT2D eigenvalue weighted by Gasteiger charge is 2.16. The fourth-order valence-electron chi connectivity index (χ4n) is 1.75. The number of nitrogens with zero attached hydrogens (tertiary/aromatic N) is 2. The summed E-state index contributed by atoms with van der Waals surface area (Å²) in [4.78, 5) is 0.927. The number of aromatic nitrogens is 2. The van der Waals surface area contributed by atoms with Crippen LogP contribution in [0.2, 0.25) is 0 Å². The molecule has 3 rings (SSSR count). The molecule has 0 saturated carbocycles. The average molecular weight is 341 g/mol. The fourth-order valence-corrected chi connectivity index (χ4v) is 2.94. The molecule has 0 radical (unpaired) electrons. The van der Waals surface area contributed by atoms with Crippen LogP contribution < -0.4 is 0 Å². The highest BCUT2D eigenvalue weighted by molar-refractivity contribution is 9.09. The lowest BCUT2D eigenvalue weighted by Gasteiger charge is -1.97. The van der Waals surface area contributed by atoms with Crippen molar-refractivity contribution in [1.82, 2.24) is 10.2 Å². The van der Waals surface area contributed by atoms with Crippen molar-refractivity contribution < 1.29 is 8.81 Å². The van der Waals surface area contributed by atoms with E-state index in [4.69, 9.17) is 4.42 Å². The normalized spacial score (nSPS) is 13.0. The molecule has 0 aliphatic heterocycles. The van der Waals surface area contributed by atoms with E-state index in [1.165, 1.54) is 23.5 Å². The Kier molecular flexibility index (Phi) is 3.36. The number of alkyl halides is 1. The SMILES string of the molecule is CCC(Br)c1nnc(-c2cc3ccc(F)cc3s2)o1. The highest BCUT2D eigenvalue weighted by Crippen LogP contribution is 2.34. The fraction of sp³-hybridized carbons (Fsp3) is 0.231. The third kappa shape index (κ3) is 2.42. The zero-order valence-corrected chi connectivity index (χ0v) is 12.5. The van der Waals surface area contributed by atoms with Gasteiger partial charge in [-0.2, -0.15) is 0 Å². The van der Waals surface area contributed by atoms with Crippen molar-refractivity contribution in [2.75, 3.05) is 0 Å². The standard InChI is InChI=1S/C13H10BrFN2OS/c1-2-9(14)12-16-17-13(18-12)11-5-7-3-4-8(15)6-10(7)19-11/h3-6,9H,2H2,1H3. The van der Waals surface area contributed by atoms with Crippen LogP contribution in [0.1, 0.15) is 24.1 Å². The molecule has 0 aliphatic rings. The summed E-state index contributed by atoms with van der Waals surface area (Å²) in [6.07, 6.45) is 0.874. The summed E-state index contributed by atoms with van der Waals surface area (Å²) in [7, 11) is 0. The Hall–Kier alpha value is -1.27. The highest BCUT2D eigenvalue weighted by atomic mass is 79.9. The lowest BCUT2D eigenvalue weighted by molar-refractivity contribution is 0.501. The molecule has 0 amide bonds. The molecule has 0 fully saturated rings. The van der Waals surface area contributed by atoms with Gasteiger partial charge in [-0.15, -0.1) is 21.5 Å². The molecule has 0 saturated heterocycles. The maximum Gasteiger partial charge on any atom is 0.257 e. The van der Waals surface area contributed by atoms with Crippen LogP contribution in [0.25, 0.3) is 20.9 Å². The van der Waals surface area contributed by atoms with Gasteiger partial charge < -0.3 is 4.42 Å². The first-order valence-corrected chi connectivity index (χ1v) is 7.57. The monoisotopic (exact) mass is 340 g/mol. The molecule has 3 nitrogen and oxygen atoms in total. The Morgan fingerprint density at radius 3 is 3.00 bits per heavy atom. The molecule has 0 N–H and O–H groups in total. The van der Waals surface area contributed by atoms with Crippen LogP contribution >= 0.6 is 27.3 Å². The summed E-state index contributed by atoms with van der Waals surface area (Å²) in [6.45, 7) is 2.03. The minimum absolute atomic E-state index is 0.0700. The Balaban J connectivity index is 2.01. The van der Waals surface area contributed by atoms with Crippen molar-refractivity contribution >= 4 is 37.4 Å². The van der Waals surface area contributed by atoms with Crippen LogP contribution in [-0.4, -0.2) is 10.2 Å². The third-order valence-corrected chi connectivity index (χ3v) is 4.88. The van der Waals surface area contributed by atoms with Crippen LogP contribution in [0.3, 0.4) is 0 Å². The van der Waals surface area contributed by atoms with Crippen molar-refractivity contribution in [3.05, 3.63) is 36.0 Å². The van der Waals surface area contributed by atoms with Crippen molar-refractivity contribution in [2.24, 2.45) is 0 Å². The summed E-state index contributed by atoms with van der Waals surface area (Å²) in [6, 6.07) is 6.65. The molecule has 98 valence electrons. The van der Waals surface area contributed by atoms with E-state index in [-0.39, 0.29) is 10.6 Å². The molecule has 0 aliphatic carbocycles. The zero-order chi connectivity index (χ0) is 13.4. The van der Waals surface area contributed by atoms with Gasteiger partial charge in [-0.25, -0.2) is 4.39 Å².